The number of hydrogen-bond donors (Lipinski definition) is 1. The van der Waals surface area contributed by atoms with Gasteiger partial charge in [-0.05, 0) is 19.0 Å². The molecule has 1 aromatic carbocycles. The molecule has 0 radical (unpaired) electrons. The van der Waals surface area contributed by atoms with E-state index in [2.05, 4.69) is 5.32 Å². The quantitative estimate of drug-likeness (QED) is 0.810. The second-order valence-electron chi connectivity index (χ2n) is 3.61. The van der Waals surface area contributed by atoms with E-state index in [1.807, 2.05) is 24.3 Å². The zero-order valence-corrected chi connectivity index (χ0v) is 8.97. The molecular weight excluding hydrogens is 198 g/mol. The predicted molar refractivity (Wildman–Crippen MR) is 57.6 cm³/mol. The van der Waals surface area contributed by atoms with Crippen molar-refractivity contribution < 1.29 is 4.74 Å². The Kier molecular flexibility index (Phi) is 2.77. The van der Waals surface area contributed by atoms with Gasteiger partial charge in [0.1, 0.15) is 5.60 Å². The smallest absolute Gasteiger partial charge is 0.108 e. The van der Waals surface area contributed by atoms with Gasteiger partial charge < -0.3 is 10.1 Å². The molecule has 1 saturated heterocycles. The van der Waals surface area contributed by atoms with E-state index in [-0.39, 0.29) is 5.60 Å². The molecule has 1 atom stereocenters. The third-order valence-corrected chi connectivity index (χ3v) is 3.20. The predicted octanol–water partition coefficient (Wildman–Crippen LogP) is 2.17. The summed E-state index contributed by atoms with van der Waals surface area (Å²) in [5, 5.41) is 4.10. The van der Waals surface area contributed by atoms with Crippen molar-refractivity contribution >= 4 is 11.6 Å². The largest absolute Gasteiger partial charge is 0.372 e. The lowest BCUT2D eigenvalue weighted by atomic mass is 9.93. The van der Waals surface area contributed by atoms with Crippen LogP contribution in [0.3, 0.4) is 0 Å². The molecule has 76 valence electrons. The average molecular weight is 212 g/mol. The van der Waals surface area contributed by atoms with Crippen LogP contribution in [0.5, 0.6) is 0 Å². The number of methoxy groups -OCH3 is 1. The summed E-state index contributed by atoms with van der Waals surface area (Å²) in [7, 11) is 1.75. The van der Waals surface area contributed by atoms with Crippen molar-refractivity contribution in [1.29, 1.82) is 0 Å². The van der Waals surface area contributed by atoms with Crippen LogP contribution in [0.25, 0.3) is 0 Å². The number of halogens is 1. The van der Waals surface area contributed by atoms with E-state index in [0.717, 1.165) is 30.1 Å². The van der Waals surface area contributed by atoms with Gasteiger partial charge in [0.15, 0.2) is 0 Å². The van der Waals surface area contributed by atoms with Crippen molar-refractivity contribution in [1.82, 2.24) is 5.32 Å². The van der Waals surface area contributed by atoms with Gasteiger partial charge in [0.25, 0.3) is 0 Å². The van der Waals surface area contributed by atoms with E-state index >= 15 is 0 Å². The molecule has 0 bridgehead atoms. The molecule has 14 heavy (non-hydrogen) atoms. The lowest BCUT2D eigenvalue weighted by Gasteiger charge is -2.28. The average Bonchev–Trinajstić information content (AvgIpc) is 2.68. The topological polar surface area (TPSA) is 21.3 Å². The molecule has 1 aromatic rings. The summed E-state index contributed by atoms with van der Waals surface area (Å²) >= 11 is 6.16. The number of ether oxygens (including phenoxy) is 1. The summed E-state index contributed by atoms with van der Waals surface area (Å²) in [6.07, 6.45) is 0.979. The SMILES string of the molecule is COC1(c2ccccc2Cl)CCNC1. The Bertz CT molecular complexity index is 321. The van der Waals surface area contributed by atoms with E-state index in [4.69, 9.17) is 16.3 Å². The second-order valence-corrected chi connectivity index (χ2v) is 4.01. The summed E-state index contributed by atoms with van der Waals surface area (Å²) in [5.74, 6) is 0. The number of benzene rings is 1. The molecule has 0 saturated carbocycles. The minimum absolute atomic E-state index is 0.224. The van der Waals surface area contributed by atoms with Crippen LogP contribution >= 0.6 is 11.6 Å². The fraction of sp³-hybridized carbons (Fsp3) is 0.455. The zero-order chi connectivity index (χ0) is 10.0. The number of hydrogen-bond acceptors (Lipinski definition) is 2. The molecule has 0 amide bonds. The fourth-order valence-corrected chi connectivity index (χ4v) is 2.32. The Morgan fingerprint density at radius 1 is 1.43 bits per heavy atom. The Morgan fingerprint density at radius 2 is 2.21 bits per heavy atom. The van der Waals surface area contributed by atoms with Crippen LogP contribution in [-0.2, 0) is 10.3 Å². The van der Waals surface area contributed by atoms with Gasteiger partial charge in [-0.1, -0.05) is 29.8 Å². The Labute approximate surface area is 89.2 Å². The van der Waals surface area contributed by atoms with E-state index in [0.29, 0.717) is 0 Å². The molecule has 0 spiro atoms. The Balaban J connectivity index is 2.41. The Morgan fingerprint density at radius 3 is 2.79 bits per heavy atom. The van der Waals surface area contributed by atoms with E-state index in [9.17, 15) is 0 Å². The van der Waals surface area contributed by atoms with E-state index in [1.54, 1.807) is 7.11 Å². The molecule has 0 aliphatic carbocycles. The number of rotatable bonds is 2. The lowest BCUT2D eigenvalue weighted by molar-refractivity contribution is 0.00334. The summed E-state index contributed by atoms with van der Waals surface area (Å²) in [6, 6.07) is 7.90. The highest BCUT2D eigenvalue weighted by Crippen LogP contribution is 2.35. The second kappa shape index (κ2) is 3.89. The maximum absolute atomic E-state index is 6.16. The molecule has 1 unspecified atom stereocenters. The van der Waals surface area contributed by atoms with Gasteiger partial charge in [0, 0.05) is 24.2 Å². The van der Waals surface area contributed by atoms with Crippen LogP contribution in [0.2, 0.25) is 5.02 Å². The van der Waals surface area contributed by atoms with Gasteiger partial charge in [0.2, 0.25) is 0 Å². The molecule has 1 fully saturated rings. The van der Waals surface area contributed by atoms with Gasteiger partial charge in [-0.25, -0.2) is 0 Å². The summed E-state index contributed by atoms with van der Waals surface area (Å²) in [6.45, 7) is 1.83. The van der Waals surface area contributed by atoms with Gasteiger partial charge in [-0.15, -0.1) is 0 Å². The molecule has 0 aromatic heterocycles. The standard InChI is InChI=1S/C11H14ClNO/c1-14-11(6-7-13-8-11)9-4-2-3-5-10(9)12/h2-5,13H,6-8H2,1H3. The third kappa shape index (κ3) is 1.54. The number of nitrogens with one attached hydrogen (secondary N) is 1. The molecule has 1 aliphatic heterocycles. The van der Waals surface area contributed by atoms with Crippen LogP contribution < -0.4 is 5.32 Å². The summed E-state index contributed by atoms with van der Waals surface area (Å²) in [4.78, 5) is 0. The molecule has 3 heteroatoms. The van der Waals surface area contributed by atoms with Crippen molar-refractivity contribution in [2.24, 2.45) is 0 Å². The van der Waals surface area contributed by atoms with E-state index in [1.165, 1.54) is 0 Å². The molecule has 1 heterocycles. The molecule has 2 nitrogen and oxygen atoms in total. The summed E-state index contributed by atoms with van der Waals surface area (Å²) in [5.41, 5.74) is 0.868. The first kappa shape index (κ1) is 9.97. The van der Waals surface area contributed by atoms with Crippen LogP contribution in [0.1, 0.15) is 12.0 Å². The summed E-state index contributed by atoms with van der Waals surface area (Å²) < 4.78 is 5.62. The van der Waals surface area contributed by atoms with Gasteiger partial charge >= 0.3 is 0 Å². The van der Waals surface area contributed by atoms with Crippen molar-refractivity contribution in [2.75, 3.05) is 20.2 Å². The molecular formula is C11H14ClNO. The van der Waals surface area contributed by atoms with E-state index < -0.39 is 0 Å². The van der Waals surface area contributed by atoms with Gasteiger partial charge in [-0.2, -0.15) is 0 Å². The minimum atomic E-state index is -0.224. The first-order valence-corrected chi connectivity index (χ1v) is 5.17. The molecule has 2 rings (SSSR count). The van der Waals surface area contributed by atoms with Crippen molar-refractivity contribution in [3.63, 3.8) is 0 Å². The van der Waals surface area contributed by atoms with Crippen LogP contribution in [0, 0.1) is 0 Å². The first-order valence-electron chi connectivity index (χ1n) is 4.79. The Hall–Kier alpha value is -0.570. The van der Waals surface area contributed by atoms with Gasteiger partial charge in [-0.3, -0.25) is 0 Å². The van der Waals surface area contributed by atoms with Crippen molar-refractivity contribution in [3.8, 4) is 0 Å². The van der Waals surface area contributed by atoms with Crippen LogP contribution in [0.4, 0.5) is 0 Å². The third-order valence-electron chi connectivity index (χ3n) is 2.87. The normalized spacial score (nSPS) is 26.7. The highest BCUT2D eigenvalue weighted by atomic mass is 35.5. The molecule has 1 aliphatic rings. The van der Waals surface area contributed by atoms with Crippen LogP contribution in [0.15, 0.2) is 24.3 Å². The maximum Gasteiger partial charge on any atom is 0.108 e. The maximum atomic E-state index is 6.16. The zero-order valence-electron chi connectivity index (χ0n) is 8.22. The highest BCUT2D eigenvalue weighted by Gasteiger charge is 2.36. The van der Waals surface area contributed by atoms with Crippen LogP contribution in [-0.4, -0.2) is 20.2 Å². The van der Waals surface area contributed by atoms with Crippen molar-refractivity contribution in [3.05, 3.63) is 34.9 Å². The first-order chi connectivity index (χ1) is 6.78. The highest BCUT2D eigenvalue weighted by molar-refractivity contribution is 6.31. The van der Waals surface area contributed by atoms with Crippen molar-refractivity contribution in [2.45, 2.75) is 12.0 Å². The minimum Gasteiger partial charge on any atom is -0.372 e. The molecule has 1 N–H and O–H groups in total. The fourth-order valence-electron chi connectivity index (χ4n) is 2.01. The van der Waals surface area contributed by atoms with Gasteiger partial charge in [0.05, 0.1) is 0 Å². The lowest BCUT2D eigenvalue weighted by Crippen LogP contribution is -2.31. The monoisotopic (exact) mass is 211 g/mol.